The van der Waals surface area contributed by atoms with Crippen LogP contribution in [0, 0.1) is 32.1 Å². The Balaban J connectivity index is 2.56. The number of nitrogens with zero attached hydrogens (tertiary/aromatic N) is 1. The average molecular weight is 394 g/mol. The van der Waals surface area contributed by atoms with Crippen LogP contribution in [-0.4, -0.2) is 21.8 Å². The van der Waals surface area contributed by atoms with E-state index in [1.54, 1.807) is 12.5 Å². The number of carbonyl (C=O) groups is 1. The van der Waals surface area contributed by atoms with Crippen LogP contribution in [0.4, 0.5) is 0 Å². The molecule has 0 fully saturated rings. The summed E-state index contributed by atoms with van der Waals surface area (Å²) in [5.41, 5.74) is 8.88. The quantitative estimate of drug-likeness (QED) is 0.756. The molecule has 0 aliphatic carbocycles. The fourth-order valence-electron chi connectivity index (χ4n) is 3.43. The van der Waals surface area contributed by atoms with E-state index in [1.165, 1.54) is 5.56 Å². The lowest BCUT2D eigenvalue weighted by atomic mass is 9.67. The number of aromatic nitrogens is 2. The molecule has 0 aliphatic heterocycles. The van der Waals surface area contributed by atoms with Crippen molar-refractivity contribution in [1.29, 1.82) is 0 Å². The van der Waals surface area contributed by atoms with Gasteiger partial charge < -0.3 is 10.7 Å². The van der Waals surface area contributed by atoms with Gasteiger partial charge in [0.1, 0.15) is 0 Å². The SMILES string of the molecule is [CH2]C([CH2])([CH2])[C](C(=O)[C@@H](N)Cc1c[nH]cn1)c1ccc(C(C)(C)C)cc1C(C)(C)C. The Labute approximate surface area is 176 Å². The summed E-state index contributed by atoms with van der Waals surface area (Å²) in [5, 5.41) is 0. The van der Waals surface area contributed by atoms with Crippen molar-refractivity contribution in [2.45, 2.75) is 64.8 Å². The Morgan fingerprint density at radius 1 is 1.10 bits per heavy atom. The summed E-state index contributed by atoms with van der Waals surface area (Å²) >= 11 is 0. The van der Waals surface area contributed by atoms with Crippen molar-refractivity contribution in [2.75, 3.05) is 0 Å². The molecule has 4 nitrogen and oxygen atoms in total. The molecule has 1 atom stereocenters. The minimum Gasteiger partial charge on any atom is -0.351 e. The van der Waals surface area contributed by atoms with E-state index in [2.05, 4.69) is 84.4 Å². The standard InChI is InChI=1S/C25H35N3O/c1-23(2,3)16-10-11-18(19(12-16)24(4,5)6)21(25(7,8)9)22(29)20(26)13-17-14-27-15-28-17/h10-12,14-15,20H,7-9,13,26H2,1-6H3,(H,27,28)/t20-/m0/s1. The number of nitrogens with one attached hydrogen (secondary N) is 1. The molecule has 1 heterocycles. The fraction of sp³-hybridized carbons (Fsp3) is 0.440. The molecule has 156 valence electrons. The predicted octanol–water partition coefficient (Wildman–Crippen LogP) is 4.56. The number of ketones is 1. The number of rotatable bonds is 6. The van der Waals surface area contributed by atoms with Gasteiger partial charge in [-0.15, -0.1) is 0 Å². The number of H-pyrrole nitrogens is 1. The zero-order valence-corrected chi connectivity index (χ0v) is 18.7. The topological polar surface area (TPSA) is 71.8 Å². The predicted molar refractivity (Wildman–Crippen MR) is 120 cm³/mol. The van der Waals surface area contributed by atoms with E-state index in [9.17, 15) is 4.79 Å². The van der Waals surface area contributed by atoms with E-state index >= 15 is 0 Å². The molecule has 29 heavy (non-hydrogen) atoms. The van der Waals surface area contributed by atoms with Gasteiger partial charge >= 0.3 is 0 Å². The first-order valence-corrected chi connectivity index (χ1v) is 9.98. The molecule has 0 spiro atoms. The highest BCUT2D eigenvalue weighted by atomic mass is 16.1. The summed E-state index contributed by atoms with van der Waals surface area (Å²) in [7, 11) is 0. The first-order valence-electron chi connectivity index (χ1n) is 9.98. The van der Waals surface area contributed by atoms with Gasteiger partial charge in [0.15, 0.2) is 5.78 Å². The summed E-state index contributed by atoms with van der Waals surface area (Å²) in [6.45, 7) is 25.2. The number of benzene rings is 1. The third-order valence-corrected chi connectivity index (χ3v) is 5.06. The minimum absolute atomic E-state index is 0.00442. The van der Waals surface area contributed by atoms with Crippen molar-refractivity contribution >= 4 is 5.78 Å². The molecule has 1 aromatic heterocycles. The van der Waals surface area contributed by atoms with Crippen LogP contribution in [0.15, 0.2) is 30.7 Å². The number of Topliss-reactive ketones (excluding diaryl/α,β-unsaturated/α-hetero) is 1. The van der Waals surface area contributed by atoms with Gasteiger partial charge in [0, 0.05) is 12.6 Å². The summed E-state index contributed by atoms with van der Waals surface area (Å²) in [6, 6.07) is 5.52. The Morgan fingerprint density at radius 2 is 1.72 bits per heavy atom. The highest BCUT2D eigenvalue weighted by molar-refractivity contribution is 6.02. The van der Waals surface area contributed by atoms with Crippen LogP contribution in [-0.2, 0) is 22.0 Å². The molecule has 0 saturated heterocycles. The molecule has 2 rings (SSSR count). The highest BCUT2D eigenvalue weighted by Crippen LogP contribution is 2.41. The summed E-state index contributed by atoms with van der Waals surface area (Å²) in [5.74, 6) is 0.271. The van der Waals surface area contributed by atoms with Gasteiger partial charge in [-0.1, -0.05) is 59.7 Å². The zero-order valence-electron chi connectivity index (χ0n) is 18.7. The Kier molecular flexibility index (Phi) is 6.49. The second-order valence-corrected chi connectivity index (χ2v) is 10.2. The molecule has 4 heteroatoms. The van der Waals surface area contributed by atoms with Crippen molar-refractivity contribution in [1.82, 2.24) is 9.97 Å². The first-order chi connectivity index (χ1) is 13.1. The molecule has 0 saturated carbocycles. The summed E-state index contributed by atoms with van der Waals surface area (Å²) < 4.78 is 0. The maximum absolute atomic E-state index is 13.5. The number of hydrogen-bond donors (Lipinski definition) is 2. The molecular weight excluding hydrogens is 358 g/mol. The fourth-order valence-corrected chi connectivity index (χ4v) is 3.43. The van der Waals surface area contributed by atoms with Crippen molar-refractivity contribution in [3.05, 3.63) is 79.8 Å². The summed E-state index contributed by atoms with van der Waals surface area (Å²) in [6.07, 6.45) is 3.67. The van der Waals surface area contributed by atoms with Crippen LogP contribution in [0.25, 0.3) is 0 Å². The van der Waals surface area contributed by atoms with Gasteiger partial charge in [-0.2, -0.15) is 0 Å². The van der Waals surface area contributed by atoms with Crippen molar-refractivity contribution < 1.29 is 4.79 Å². The number of carbonyl (C=O) groups excluding carboxylic acids is 1. The van der Waals surface area contributed by atoms with Crippen molar-refractivity contribution in [3.63, 3.8) is 0 Å². The molecule has 3 N–H and O–H groups in total. The maximum atomic E-state index is 13.5. The van der Waals surface area contributed by atoms with E-state index in [0.717, 1.165) is 16.8 Å². The number of hydrogen-bond acceptors (Lipinski definition) is 3. The van der Waals surface area contributed by atoms with Crippen molar-refractivity contribution in [2.24, 2.45) is 11.1 Å². The van der Waals surface area contributed by atoms with Crippen LogP contribution in [0.1, 0.15) is 63.9 Å². The lowest BCUT2D eigenvalue weighted by Crippen LogP contribution is -2.42. The maximum Gasteiger partial charge on any atom is 0.162 e. The largest absolute Gasteiger partial charge is 0.351 e. The van der Waals surface area contributed by atoms with Gasteiger partial charge in [0.25, 0.3) is 0 Å². The minimum atomic E-state index is -1.08. The van der Waals surface area contributed by atoms with Crippen molar-refractivity contribution in [3.8, 4) is 0 Å². The third-order valence-electron chi connectivity index (χ3n) is 5.06. The monoisotopic (exact) mass is 393 g/mol. The molecular formula is C25H35N3O. The third kappa shape index (κ3) is 5.57. The number of nitrogens with two attached hydrogens (primary N) is 1. The normalized spacial score (nSPS) is 14.3. The zero-order chi connectivity index (χ0) is 22.2. The van der Waals surface area contributed by atoms with E-state index < -0.39 is 11.5 Å². The van der Waals surface area contributed by atoms with Crippen LogP contribution in [0.5, 0.6) is 0 Å². The van der Waals surface area contributed by atoms with Gasteiger partial charge in [-0.25, -0.2) is 4.98 Å². The van der Waals surface area contributed by atoms with E-state index in [0.29, 0.717) is 12.3 Å². The Bertz CT molecular complexity index is 830. The van der Waals surface area contributed by atoms with Gasteiger partial charge in [-0.05, 0) is 53.7 Å². The highest BCUT2D eigenvalue weighted by Gasteiger charge is 2.39. The van der Waals surface area contributed by atoms with Gasteiger partial charge in [0.2, 0.25) is 0 Å². The first kappa shape index (κ1) is 23.3. The van der Waals surface area contributed by atoms with Crippen LogP contribution in [0.2, 0.25) is 0 Å². The summed E-state index contributed by atoms with van der Waals surface area (Å²) in [4.78, 5) is 20.5. The second-order valence-electron chi connectivity index (χ2n) is 10.2. The number of aromatic amines is 1. The molecule has 4 radical (unpaired) electrons. The molecule has 0 unspecified atom stereocenters. The van der Waals surface area contributed by atoms with Crippen LogP contribution < -0.4 is 5.73 Å². The molecule has 2 aromatic rings. The van der Waals surface area contributed by atoms with E-state index in [4.69, 9.17) is 5.73 Å². The van der Waals surface area contributed by atoms with Gasteiger partial charge in [0.05, 0.1) is 24.0 Å². The van der Waals surface area contributed by atoms with E-state index in [1.807, 2.05) is 6.07 Å². The van der Waals surface area contributed by atoms with Gasteiger partial charge in [-0.3, -0.25) is 4.79 Å². The smallest absolute Gasteiger partial charge is 0.162 e. The van der Waals surface area contributed by atoms with E-state index in [-0.39, 0.29) is 16.6 Å². The lowest BCUT2D eigenvalue weighted by molar-refractivity contribution is -0.118. The van der Waals surface area contributed by atoms with Crippen LogP contribution >= 0.6 is 0 Å². The molecule has 0 aliphatic rings. The lowest BCUT2D eigenvalue weighted by Gasteiger charge is -2.36. The molecule has 1 aromatic carbocycles. The molecule has 0 bridgehead atoms. The Hall–Kier alpha value is -1.94. The number of imidazole rings is 1. The van der Waals surface area contributed by atoms with Crippen LogP contribution in [0.3, 0.4) is 0 Å². The second kappa shape index (κ2) is 8.06. The average Bonchev–Trinajstić information content (AvgIpc) is 3.04. The Morgan fingerprint density at radius 3 is 2.17 bits per heavy atom. The molecule has 0 amide bonds.